The van der Waals surface area contributed by atoms with E-state index in [2.05, 4.69) is 13.8 Å². The molecule has 28 heavy (non-hydrogen) atoms. The van der Waals surface area contributed by atoms with E-state index in [0.717, 1.165) is 51.4 Å². The van der Waals surface area contributed by atoms with Gasteiger partial charge in [0.05, 0.1) is 12.2 Å². The highest BCUT2D eigenvalue weighted by Crippen LogP contribution is 2.68. The second-order valence-electron chi connectivity index (χ2n) is 10.4. The van der Waals surface area contributed by atoms with Crippen molar-refractivity contribution in [3.05, 3.63) is 11.6 Å². The van der Waals surface area contributed by atoms with Gasteiger partial charge >= 0.3 is 5.97 Å². The summed E-state index contributed by atoms with van der Waals surface area (Å²) in [4.78, 5) is 23.0. The van der Waals surface area contributed by atoms with Crippen molar-refractivity contribution in [1.29, 1.82) is 0 Å². The average molecular weight is 389 g/mol. The summed E-state index contributed by atoms with van der Waals surface area (Å²) in [6.45, 7) is 6.58. The second kappa shape index (κ2) is 6.97. The third kappa shape index (κ3) is 2.98. The molecule has 4 aliphatic rings. The molecule has 4 rings (SSSR count). The van der Waals surface area contributed by atoms with Crippen LogP contribution in [0.2, 0.25) is 0 Å². The maximum absolute atomic E-state index is 12.0. The zero-order chi connectivity index (χ0) is 20.2. The first kappa shape index (κ1) is 20.1. The minimum absolute atomic E-state index is 0.0353. The summed E-state index contributed by atoms with van der Waals surface area (Å²) in [7, 11) is 0. The minimum Gasteiger partial charge on any atom is -0.466 e. The van der Waals surface area contributed by atoms with Gasteiger partial charge in [-0.1, -0.05) is 19.4 Å². The lowest BCUT2D eigenvalue weighted by atomic mass is 9.46. The van der Waals surface area contributed by atoms with Crippen LogP contribution in [0.1, 0.15) is 85.0 Å². The van der Waals surface area contributed by atoms with Gasteiger partial charge in [0.1, 0.15) is 0 Å². The van der Waals surface area contributed by atoms with Crippen molar-refractivity contribution in [2.24, 2.45) is 28.6 Å². The van der Waals surface area contributed by atoms with Gasteiger partial charge in [0.15, 0.2) is 5.78 Å². The summed E-state index contributed by atoms with van der Waals surface area (Å²) in [6, 6.07) is 0. The van der Waals surface area contributed by atoms with Gasteiger partial charge in [0, 0.05) is 13.3 Å². The third-order valence-electron chi connectivity index (χ3n) is 9.32. The number of rotatable bonds is 4. The maximum atomic E-state index is 12.0. The molecule has 3 saturated carbocycles. The molecular weight excluding hydrogens is 352 g/mol. The number of carbonyl (C=O) groups excluding carboxylic acids is 2. The number of hydrogen-bond acceptors (Lipinski definition) is 4. The summed E-state index contributed by atoms with van der Waals surface area (Å²) < 4.78 is 5.10. The van der Waals surface area contributed by atoms with Gasteiger partial charge in [0.2, 0.25) is 0 Å². The second-order valence-corrected chi connectivity index (χ2v) is 10.4. The highest BCUT2D eigenvalue weighted by molar-refractivity contribution is 5.91. The fourth-order valence-corrected chi connectivity index (χ4v) is 7.66. The molecule has 4 heteroatoms. The predicted octanol–water partition coefficient (Wildman–Crippen LogP) is 4.59. The molecule has 4 nitrogen and oxygen atoms in total. The van der Waals surface area contributed by atoms with Crippen molar-refractivity contribution in [2.75, 3.05) is 6.61 Å². The minimum atomic E-state index is -0.637. The zero-order valence-corrected chi connectivity index (χ0v) is 17.8. The Hall–Kier alpha value is -1.16. The first-order valence-electron chi connectivity index (χ1n) is 11.3. The largest absolute Gasteiger partial charge is 0.466 e. The molecule has 156 valence electrons. The molecule has 0 aromatic carbocycles. The molecule has 6 atom stereocenters. The van der Waals surface area contributed by atoms with E-state index in [1.807, 2.05) is 6.08 Å². The van der Waals surface area contributed by atoms with Crippen molar-refractivity contribution in [1.82, 2.24) is 0 Å². The average Bonchev–Trinajstić information content (AvgIpc) is 2.91. The molecule has 0 saturated heterocycles. The quantitative estimate of drug-likeness (QED) is 0.565. The summed E-state index contributed by atoms with van der Waals surface area (Å²) in [5.41, 5.74) is 0.923. The lowest BCUT2D eigenvalue weighted by Crippen LogP contribution is -2.54. The van der Waals surface area contributed by atoms with Crippen molar-refractivity contribution >= 4 is 11.8 Å². The van der Waals surface area contributed by atoms with Gasteiger partial charge in [-0.15, -0.1) is 0 Å². The van der Waals surface area contributed by atoms with Crippen LogP contribution < -0.4 is 0 Å². The predicted molar refractivity (Wildman–Crippen MR) is 108 cm³/mol. The van der Waals surface area contributed by atoms with E-state index in [4.69, 9.17) is 4.74 Å². The molecule has 3 fully saturated rings. The number of ether oxygens (including phenoxy) is 1. The Morgan fingerprint density at radius 1 is 1.14 bits per heavy atom. The molecular formula is C24H36O4. The number of esters is 1. The van der Waals surface area contributed by atoms with Crippen LogP contribution in [0.3, 0.4) is 0 Å². The van der Waals surface area contributed by atoms with Crippen LogP contribution in [0.4, 0.5) is 0 Å². The molecule has 0 bridgehead atoms. The topological polar surface area (TPSA) is 63.6 Å². The molecule has 0 aromatic rings. The van der Waals surface area contributed by atoms with E-state index < -0.39 is 5.60 Å². The SMILES string of the molecule is CC(=O)OCCC[C@]1(O)CC[C@H]2[C@@H]3CCC4=CC(=O)CC[C@]4(C)[C@H]3CC[C@@]21C. The number of aliphatic hydroxyl groups is 1. The number of allylic oxidation sites excluding steroid dienone is 1. The zero-order valence-electron chi connectivity index (χ0n) is 17.8. The van der Waals surface area contributed by atoms with Gasteiger partial charge in [0.25, 0.3) is 0 Å². The summed E-state index contributed by atoms with van der Waals surface area (Å²) in [5.74, 6) is 1.96. The monoisotopic (exact) mass is 388 g/mol. The van der Waals surface area contributed by atoms with E-state index in [1.165, 1.54) is 18.9 Å². The van der Waals surface area contributed by atoms with Crippen molar-refractivity contribution in [2.45, 2.75) is 90.6 Å². The van der Waals surface area contributed by atoms with Gasteiger partial charge in [-0.2, -0.15) is 0 Å². The fourth-order valence-electron chi connectivity index (χ4n) is 7.66. The first-order chi connectivity index (χ1) is 13.2. The highest BCUT2D eigenvalue weighted by atomic mass is 16.5. The van der Waals surface area contributed by atoms with Crippen molar-refractivity contribution < 1.29 is 19.4 Å². The van der Waals surface area contributed by atoms with Crippen LogP contribution in [0.25, 0.3) is 0 Å². The molecule has 4 aliphatic carbocycles. The number of carbonyl (C=O) groups is 2. The third-order valence-corrected chi connectivity index (χ3v) is 9.32. The van der Waals surface area contributed by atoms with Gasteiger partial charge < -0.3 is 9.84 Å². The standard InChI is InChI=1S/C24H36O4/c1-16(25)28-14-4-10-24(27)13-9-21-19-6-5-17-15-18(26)7-11-22(17,2)20(19)8-12-23(21,24)3/h15,19-21,27H,4-14H2,1-3H3/t19-,20+,21+,22+,23+,24+/m1/s1. The van der Waals surface area contributed by atoms with E-state index >= 15 is 0 Å². The van der Waals surface area contributed by atoms with Crippen LogP contribution in [0.5, 0.6) is 0 Å². The van der Waals surface area contributed by atoms with Gasteiger partial charge in [-0.3, -0.25) is 9.59 Å². The number of hydrogen-bond donors (Lipinski definition) is 1. The Kier molecular flexibility index (Phi) is 5.01. The van der Waals surface area contributed by atoms with Crippen molar-refractivity contribution in [3.8, 4) is 0 Å². The van der Waals surface area contributed by atoms with Crippen LogP contribution in [-0.2, 0) is 14.3 Å². The molecule has 0 unspecified atom stereocenters. The van der Waals surface area contributed by atoms with Crippen LogP contribution in [0, 0.1) is 28.6 Å². The maximum Gasteiger partial charge on any atom is 0.302 e. The highest BCUT2D eigenvalue weighted by Gasteiger charge is 2.63. The molecule has 0 aliphatic heterocycles. The Morgan fingerprint density at radius 3 is 2.64 bits per heavy atom. The van der Waals surface area contributed by atoms with E-state index in [9.17, 15) is 14.7 Å². The lowest BCUT2D eigenvalue weighted by Gasteiger charge is -2.59. The molecule has 0 amide bonds. The Morgan fingerprint density at radius 2 is 1.89 bits per heavy atom. The fraction of sp³-hybridized carbons (Fsp3) is 0.833. The van der Waals surface area contributed by atoms with Crippen molar-refractivity contribution in [3.63, 3.8) is 0 Å². The van der Waals surface area contributed by atoms with Crippen LogP contribution >= 0.6 is 0 Å². The van der Waals surface area contributed by atoms with Crippen LogP contribution in [-0.4, -0.2) is 29.1 Å². The summed E-state index contributed by atoms with van der Waals surface area (Å²) >= 11 is 0. The van der Waals surface area contributed by atoms with E-state index in [1.54, 1.807) is 0 Å². The smallest absolute Gasteiger partial charge is 0.302 e. The Balaban J connectivity index is 1.51. The molecule has 0 radical (unpaired) electrons. The molecule has 0 spiro atoms. The number of ketones is 1. The van der Waals surface area contributed by atoms with Gasteiger partial charge in [-0.05, 0) is 92.4 Å². The summed E-state index contributed by atoms with van der Waals surface area (Å²) in [5, 5.41) is 11.6. The Bertz CT molecular complexity index is 697. The number of fused-ring (bicyclic) bond motifs is 5. The Labute approximate surface area is 169 Å². The van der Waals surface area contributed by atoms with Gasteiger partial charge in [-0.25, -0.2) is 0 Å². The lowest BCUT2D eigenvalue weighted by molar-refractivity contribution is -0.144. The van der Waals surface area contributed by atoms with E-state index in [-0.39, 0.29) is 16.8 Å². The van der Waals surface area contributed by atoms with Crippen LogP contribution in [0.15, 0.2) is 11.6 Å². The molecule has 0 heterocycles. The normalized spacial score (nSPS) is 44.9. The summed E-state index contributed by atoms with van der Waals surface area (Å²) in [6.07, 6.45) is 11.6. The molecule has 1 N–H and O–H groups in total. The first-order valence-corrected chi connectivity index (χ1v) is 11.3. The molecule has 0 aromatic heterocycles. The van der Waals surface area contributed by atoms with E-state index in [0.29, 0.717) is 36.6 Å².